The van der Waals surface area contributed by atoms with Gasteiger partial charge in [-0.1, -0.05) is 0 Å². The number of halogens is 2. The van der Waals surface area contributed by atoms with E-state index in [9.17, 15) is 8.78 Å². The van der Waals surface area contributed by atoms with Gasteiger partial charge in [0.05, 0.1) is 11.9 Å². The predicted octanol–water partition coefficient (Wildman–Crippen LogP) is 3.29. The van der Waals surface area contributed by atoms with E-state index in [1.165, 1.54) is 6.07 Å². The lowest BCUT2D eigenvalue weighted by Crippen LogP contribution is -1.92. The number of rotatable bonds is 2. The number of aromatic amines is 1. The van der Waals surface area contributed by atoms with E-state index < -0.39 is 11.6 Å². The van der Waals surface area contributed by atoms with E-state index in [0.717, 1.165) is 17.4 Å². The molecule has 3 rings (SSSR count). The first-order chi connectivity index (χ1) is 9.15. The van der Waals surface area contributed by atoms with Crippen molar-refractivity contribution in [3.8, 4) is 0 Å². The van der Waals surface area contributed by atoms with Gasteiger partial charge in [0.1, 0.15) is 5.52 Å². The first-order valence-electron chi connectivity index (χ1n) is 5.67. The molecule has 2 heterocycles. The van der Waals surface area contributed by atoms with Crippen LogP contribution in [0, 0.1) is 18.6 Å². The summed E-state index contributed by atoms with van der Waals surface area (Å²) in [6.07, 6.45) is 1.65. The molecule has 0 saturated carbocycles. The highest BCUT2D eigenvalue weighted by Gasteiger charge is 2.13. The molecule has 6 heteroatoms. The average Bonchev–Trinajstić information content (AvgIpc) is 2.80. The second-order valence-corrected chi connectivity index (χ2v) is 4.17. The molecule has 0 saturated heterocycles. The number of nitrogens with one attached hydrogen (secondary N) is 2. The van der Waals surface area contributed by atoms with Gasteiger partial charge in [0.15, 0.2) is 17.5 Å². The van der Waals surface area contributed by atoms with Gasteiger partial charge >= 0.3 is 0 Å². The second-order valence-electron chi connectivity index (χ2n) is 4.17. The fourth-order valence-corrected chi connectivity index (χ4v) is 1.80. The Labute approximate surface area is 107 Å². The molecule has 0 radical (unpaired) electrons. The number of nitrogens with zero attached hydrogens (tertiary/aromatic N) is 2. The highest BCUT2D eigenvalue weighted by atomic mass is 19.2. The van der Waals surface area contributed by atoms with E-state index in [2.05, 4.69) is 20.5 Å². The maximum atomic E-state index is 13.5. The van der Waals surface area contributed by atoms with Gasteiger partial charge < -0.3 is 5.32 Å². The third-order valence-electron chi connectivity index (χ3n) is 2.80. The Hall–Kier alpha value is -2.50. The minimum absolute atomic E-state index is 0.0440. The first-order valence-corrected chi connectivity index (χ1v) is 5.67. The summed E-state index contributed by atoms with van der Waals surface area (Å²) in [7, 11) is 0. The number of benzene rings is 1. The molecule has 0 spiro atoms. The highest BCUT2D eigenvalue weighted by molar-refractivity contribution is 5.91. The molecule has 2 aromatic heterocycles. The fraction of sp³-hybridized carbons (Fsp3) is 0.0769. The Morgan fingerprint density at radius 2 is 2.00 bits per heavy atom. The van der Waals surface area contributed by atoms with E-state index in [1.54, 1.807) is 6.20 Å². The normalized spacial score (nSPS) is 10.9. The number of pyridine rings is 1. The van der Waals surface area contributed by atoms with Crippen LogP contribution in [0.1, 0.15) is 5.69 Å². The van der Waals surface area contributed by atoms with Crippen molar-refractivity contribution in [3.05, 3.63) is 47.8 Å². The van der Waals surface area contributed by atoms with Gasteiger partial charge in [0.2, 0.25) is 0 Å². The van der Waals surface area contributed by atoms with Crippen molar-refractivity contribution >= 4 is 22.4 Å². The molecule has 1 aromatic carbocycles. The van der Waals surface area contributed by atoms with Crippen molar-refractivity contribution in [3.63, 3.8) is 0 Å². The molecular weight excluding hydrogens is 250 g/mol. The molecular formula is C13H10F2N4. The minimum Gasteiger partial charge on any atom is -0.337 e. The number of aryl methyl sites for hydroxylation is 1. The monoisotopic (exact) mass is 260 g/mol. The van der Waals surface area contributed by atoms with E-state index in [-0.39, 0.29) is 5.52 Å². The van der Waals surface area contributed by atoms with Crippen LogP contribution >= 0.6 is 0 Å². The summed E-state index contributed by atoms with van der Waals surface area (Å²) in [5.41, 5.74) is 1.66. The van der Waals surface area contributed by atoms with Crippen LogP contribution in [0.2, 0.25) is 0 Å². The lowest BCUT2D eigenvalue weighted by atomic mass is 10.2. The summed E-state index contributed by atoms with van der Waals surface area (Å²) in [6.45, 7) is 1.88. The molecule has 0 unspecified atom stereocenters. The Kier molecular flexibility index (Phi) is 2.63. The zero-order valence-corrected chi connectivity index (χ0v) is 10.0. The van der Waals surface area contributed by atoms with Gasteiger partial charge in [0.25, 0.3) is 0 Å². The molecule has 0 atom stereocenters. The molecule has 3 aromatic rings. The summed E-state index contributed by atoms with van der Waals surface area (Å²) in [4.78, 5) is 4.14. The number of hydrogen-bond donors (Lipinski definition) is 2. The topological polar surface area (TPSA) is 53.6 Å². The number of H-pyrrole nitrogens is 1. The molecule has 0 fully saturated rings. The summed E-state index contributed by atoms with van der Waals surface area (Å²) < 4.78 is 26.6. The molecule has 4 nitrogen and oxygen atoms in total. The standard InChI is InChI=1S/C13H10F2N4/c1-7-2-3-8(6-16-7)17-13-9-4-5-10(14)11(15)12(9)18-19-13/h2-6H,1H3,(H2,17,18,19). The van der Waals surface area contributed by atoms with E-state index in [4.69, 9.17) is 0 Å². The fourth-order valence-electron chi connectivity index (χ4n) is 1.80. The summed E-state index contributed by atoms with van der Waals surface area (Å²) in [5, 5.41) is 9.92. The minimum atomic E-state index is -0.930. The first kappa shape index (κ1) is 11.6. The van der Waals surface area contributed by atoms with Crippen molar-refractivity contribution in [2.75, 3.05) is 5.32 Å². The zero-order chi connectivity index (χ0) is 13.4. The number of aromatic nitrogens is 3. The number of anilines is 2. The maximum absolute atomic E-state index is 13.5. The third kappa shape index (κ3) is 2.01. The number of hydrogen-bond acceptors (Lipinski definition) is 3. The molecule has 0 aliphatic rings. The SMILES string of the molecule is Cc1ccc(Nc2n[nH]c3c(F)c(F)ccc23)cn1. The Bertz CT molecular complexity index is 734. The van der Waals surface area contributed by atoms with Crippen LogP contribution in [0.25, 0.3) is 10.9 Å². The van der Waals surface area contributed by atoms with Gasteiger partial charge in [0, 0.05) is 11.1 Å². The molecule has 2 N–H and O–H groups in total. The van der Waals surface area contributed by atoms with Crippen LogP contribution in [0.4, 0.5) is 20.3 Å². The molecule has 19 heavy (non-hydrogen) atoms. The van der Waals surface area contributed by atoms with Crippen LogP contribution in [-0.4, -0.2) is 15.2 Å². The van der Waals surface area contributed by atoms with Crippen LogP contribution in [0.15, 0.2) is 30.5 Å². The maximum Gasteiger partial charge on any atom is 0.184 e. The molecule has 0 aliphatic carbocycles. The molecule has 0 bridgehead atoms. The quantitative estimate of drug-likeness (QED) is 0.743. The van der Waals surface area contributed by atoms with Gasteiger partial charge in [-0.3, -0.25) is 10.1 Å². The van der Waals surface area contributed by atoms with Crippen molar-refractivity contribution in [1.82, 2.24) is 15.2 Å². The van der Waals surface area contributed by atoms with Gasteiger partial charge in [-0.15, -0.1) is 0 Å². The molecule has 96 valence electrons. The highest BCUT2D eigenvalue weighted by Crippen LogP contribution is 2.26. The lowest BCUT2D eigenvalue weighted by Gasteiger charge is -2.03. The van der Waals surface area contributed by atoms with Crippen LogP contribution in [-0.2, 0) is 0 Å². The van der Waals surface area contributed by atoms with Crippen molar-refractivity contribution in [1.29, 1.82) is 0 Å². The van der Waals surface area contributed by atoms with Crippen LogP contribution < -0.4 is 5.32 Å². The van der Waals surface area contributed by atoms with Crippen LogP contribution in [0.3, 0.4) is 0 Å². The van der Waals surface area contributed by atoms with E-state index in [0.29, 0.717) is 11.2 Å². The second kappa shape index (κ2) is 4.31. The van der Waals surface area contributed by atoms with Crippen LogP contribution in [0.5, 0.6) is 0 Å². The zero-order valence-electron chi connectivity index (χ0n) is 10.0. The smallest absolute Gasteiger partial charge is 0.184 e. The Morgan fingerprint density at radius 3 is 2.74 bits per heavy atom. The van der Waals surface area contributed by atoms with Gasteiger partial charge in [-0.2, -0.15) is 5.10 Å². The average molecular weight is 260 g/mol. The van der Waals surface area contributed by atoms with E-state index in [1.807, 2.05) is 19.1 Å². The molecule has 0 amide bonds. The lowest BCUT2D eigenvalue weighted by molar-refractivity contribution is 0.515. The molecule has 0 aliphatic heterocycles. The summed E-state index contributed by atoms with van der Waals surface area (Å²) in [6, 6.07) is 6.23. The number of fused-ring (bicyclic) bond motifs is 1. The Morgan fingerprint density at radius 1 is 1.16 bits per heavy atom. The van der Waals surface area contributed by atoms with Crippen molar-refractivity contribution in [2.24, 2.45) is 0 Å². The van der Waals surface area contributed by atoms with Crippen molar-refractivity contribution < 1.29 is 8.78 Å². The van der Waals surface area contributed by atoms with Gasteiger partial charge in [-0.25, -0.2) is 8.78 Å². The largest absolute Gasteiger partial charge is 0.337 e. The van der Waals surface area contributed by atoms with E-state index >= 15 is 0 Å². The third-order valence-corrected chi connectivity index (χ3v) is 2.80. The Balaban J connectivity index is 2.02. The van der Waals surface area contributed by atoms with Gasteiger partial charge in [-0.05, 0) is 31.2 Å². The predicted molar refractivity (Wildman–Crippen MR) is 68.3 cm³/mol. The van der Waals surface area contributed by atoms with Crippen molar-refractivity contribution in [2.45, 2.75) is 6.92 Å². The summed E-state index contributed by atoms with van der Waals surface area (Å²) in [5.74, 6) is -1.40. The summed E-state index contributed by atoms with van der Waals surface area (Å²) >= 11 is 0.